The SMILES string of the molecule is Cc1ccc(C)c(OCC(O)CN2C(=O)NC(C)(c3ccco3)C2=O)c1. The molecule has 1 fully saturated rings. The number of urea groups is 1. The Morgan fingerprint density at radius 1 is 1.31 bits per heavy atom. The number of hydrogen-bond donors (Lipinski definition) is 2. The van der Waals surface area contributed by atoms with Crippen LogP contribution >= 0.6 is 0 Å². The Labute approximate surface area is 151 Å². The van der Waals surface area contributed by atoms with Crippen LogP contribution in [0.2, 0.25) is 0 Å². The van der Waals surface area contributed by atoms with Crippen molar-refractivity contribution >= 4 is 11.9 Å². The van der Waals surface area contributed by atoms with Crippen molar-refractivity contribution in [1.29, 1.82) is 0 Å². The third kappa shape index (κ3) is 3.30. The fourth-order valence-corrected chi connectivity index (χ4v) is 2.91. The van der Waals surface area contributed by atoms with E-state index in [0.717, 1.165) is 16.0 Å². The molecule has 1 aromatic heterocycles. The first-order valence-electron chi connectivity index (χ1n) is 8.37. The normalized spacial score (nSPS) is 21.0. The lowest BCUT2D eigenvalue weighted by molar-refractivity contribution is -0.132. The third-order valence-corrected chi connectivity index (χ3v) is 4.46. The number of aryl methyl sites for hydroxylation is 2. The van der Waals surface area contributed by atoms with Crippen molar-refractivity contribution < 1.29 is 23.8 Å². The van der Waals surface area contributed by atoms with Gasteiger partial charge in [-0.15, -0.1) is 0 Å². The van der Waals surface area contributed by atoms with E-state index in [1.807, 2.05) is 32.0 Å². The van der Waals surface area contributed by atoms with Crippen LogP contribution in [0.25, 0.3) is 0 Å². The van der Waals surface area contributed by atoms with Gasteiger partial charge in [-0.3, -0.25) is 9.69 Å². The number of aliphatic hydroxyl groups excluding tert-OH is 1. The number of nitrogens with zero attached hydrogens (tertiary/aromatic N) is 1. The number of nitrogens with one attached hydrogen (secondary N) is 1. The van der Waals surface area contributed by atoms with Crippen molar-refractivity contribution in [2.45, 2.75) is 32.4 Å². The van der Waals surface area contributed by atoms with Crippen LogP contribution in [0.5, 0.6) is 5.75 Å². The van der Waals surface area contributed by atoms with Crippen LogP contribution in [0.3, 0.4) is 0 Å². The lowest BCUT2D eigenvalue weighted by atomic mass is 9.99. The molecule has 26 heavy (non-hydrogen) atoms. The maximum absolute atomic E-state index is 12.7. The molecular weight excluding hydrogens is 336 g/mol. The Bertz CT molecular complexity index is 817. The average molecular weight is 358 g/mol. The fourth-order valence-electron chi connectivity index (χ4n) is 2.91. The molecule has 1 aromatic carbocycles. The molecule has 3 amide bonds. The maximum Gasteiger partial charge on any atom is 0.325 e. The number of β-amino-alcohol motifs (C(OH)–C–C–N with tert-alkyl or cyclic N) is 1. The van der Waals surface area contributed by atoms with Gasteiger partial charge in [0.1, 0.15) is 24.2 Å². The zero-order valence-electron chi connectivity index (χ0n) is 15.0. The molecule has 2 N–H and O–H groups in total. The van der Waals surface area contributed by atoms with Gasteiger partial charge in [0.15, 0.2) is 5.54 Å². The van der Waals surface area contributed by atoms with Gasteiger partial charge in [0.25, 0.3) is 5.91 Å². The zero-order chi connectivity index (χ0) is 18.9. The summed E-state index contributed by atoms with van der Waals surface area (Å²) in [5, 5.41) is 12.9. The molecule has 1 aliphatic rings. The smallest absolute Gasteiger partial charge is 0.325 e. The highest BCUT2D eigenvalue weighted by molar-refractivity contribution is 6.06. The largest absolute Gasteiger partial charge is 0.491 e. The van der Waals surface area contributed by atoms with Crippen molar-refractivity contribution in [3.05, 3.63) is 53.5 Å². The van der Waals surface area contributed by atoms with Crippen molar-refractivity contribution in [3.63, 3.8) is 0 Å². The molecule has 0 bridgehead atoms. The summed E-state index contributed by atoms with van der Waals surface area (Å²) in [5.74, 6) is 0.546. The van der Waals surface area contributed by atoms with Crippen LogP contribution in [0.1, 0.15) is 23.8 Å². The maximum atomic E-state index is 12.7. The number of imide groups is 1. The van der Waals surface area contributed by atoms with Gasteiger partial charge in [0.2, 0.25) is 0 Å². The van der Waals surface area contributed by atoms with Gasteiger partial charge in [-0.2, -0.15) is 0 Å². The molecule has 1 saturated heterocycles. The number of benzene rings is 1. The van der Waals surface area contributed by atoms with Crippen molar-refractivity contribution in [3.8, 4) is 5.75 Å². The topological polar surface area (TPSA) is 92.0 Å². The monoisotopic (exact) mass is 358 g/mol. The minimum Gasteiger partial charge on any atom is -0.491 e. The van der Waals surface area contributed by atoms with Crippen LogP contribution < -0.4 is 10.1 Å². The zero-order valence-corrected chi connectivity index (χ0v) is 15.0. The molecule has 2 aromatic rings. The minimum atomic E-state index is -1.27. The van der Waals surface area contributed by atoms with Crippen LogP contribution in [0, 0.1) is 13.8 Å². The molecule has 0 spiro atoms. The molecule has 7 heteroatoms. The molecule has 3 rings (SSSR count). The van der Waals surface area contributed by atoms with Crippen LogP contribution in [0.4, 0.5) is 4.79 Å². The molecular formula is C19H22N2O5. The van der Waals surface area contributed by atoms with Gasteiger partial charge in [-0.05, 0) is 50.1 Å². The van der Waals surface area contributed by atoms with E-state index >= 15 is 0 Å². The molecule has 2 atom stereocenters. The fraction of sp³-hybridized carbons (Fsp3) is 0.368. The molecule has 1 aliphatic heterocycles. The number of ether oxygens (including phenoxy) is 1. The second kappa shape index (κ2) is 6.84. The summed E-state index contributed by atoms with van der Waals surface area (Å²) in [7, 11) is 0. The first kappa shape index (κ1) is 18.0. The third-order valence-electron chi connectivity index (χ3n) is 4.46. The number of aliphatic hydroxyl groups is 1. The van der Waals surface area contributed by atoms with Gasteiger partial charge in [-0.1, -0.05) is 12.1 Å². The second-order valence-electron chi connectivity index (χ2n) is 6.68. The van der Waals surface area contributed by atoms with Crippen LogP contribution in [0.15, 0.2) is 41.0 Å². The van der Waals surface area contributed by atoms with Gasteiger partial charge < -0.3 is 19.6 Å². The van der Waals surface area contributed by atoms with E-state index in [1.54, 1.807) is 19.1 Å². The quantitative estimate of drug-likeness (QED) is 0.772. The molecule has 0 radical (unpaired) electrons. The first-order chi connectivity index (χ1) is 12.3. The lowest BCUT2D eigenvalue weighted by Crippen LogP contribution is -2.42. The first-order valence-corrected chi connectivity index (χ1v) is 8.37. The lowest BCUT2D eigenvalue weighted by Gasteiger charge is -2.21. The van der Waals surface area contributed by atoms with Crippen LogP contribution in [-0.4, -0.2) is 41.2 Å². The van der Waals surface area contributed by atoms with Crippen molar-refractivity contribution in [1.82, 2.24) is 10.2 Å². The number of amides is 3. The molecule has 0 aliphatic carbocycles. The Hall–Kier alpha value is -2.80. The van der Waals surface area contributed by atoms with Gasteiger partial charge in [0, 0.05) is 0 Å². The summed E-state index contributed by atoms with van der Waals surface area (Å²) in [6.07, 6.45) is 0.429. The molecule has 7 nitrogen and oxygen atoms in total. The number of carbonyl (C=O) groups is 2. The van der Waals surface area contributed by atoms with E-state index in [0.29, 0.717) is 11.5 Å². The number of hydrogen-bond acceptors (Lipinski definition) is 5. The molecule has 0 saturated carbocycles. The van der Waals surface area contributed by atoms with E-state index in [-0.39, 0.29) is 13.2 Å². The highest BCUT2D eigenvalue weighted by Crippen LogP contribution is 2.29. The van der Waals surface area contributed by atoms with E-state index in [9.17, 15) is 14.7 Å². The highest BCUT2D eigenvalue weighted by Gasteiger charge is 2.51. The van der Waals surface area contributed by atoms with E-state index in [4.69, 9.17) is 9.15 Å². The number of carbonyl (C=O) groups excluding carboxylic acids is 2. The standard InChI is InChI=1S/C19H22N2O5/c1-12-6-7-13(2)15(9-12)26-11-14(22)10-21-17(23)19(3,20-18(21)24)16-5-4-8-25-16/h4-9,14,22H,10-11H2,1-3H3,(H,20,24). The predicted molar refractivity (Wildman–Crippen MR) is 93.7 cm³/mol. The Kier molecular flexibility index (Phi) is 4.73. The molecule has 2 unspecified atom stereocenters. The van der Waals surface area contributed by atoms with Gasteiger partial charge >= 0.3 is 6.03 Å². The average Bonchev–Trinajstić information content (AvgIpc) is 3.20. The van der Waals surface area contributed by atoms with E-state index < -0.39 is 23.6 Å². The van der Waals surface area contributed by atoms with E-state index in [2.05, 4.69) is 5.32 Å². The minimum absolute atomic E-state index is 0.0289. The Morgan fingerprint density at radius 2 is 2.08 bits per heavy atom. The molecule has 138 valence electrons. The summed E-state index contributed by atoms with van der Waals surface area (Å²) in [6.45, 7) is 5.24. The number of rotatable bonds is 6. The van der Waals surface area contributed by atoms with Gasteiger partial charge in [0.05, 0.1) is 12.8 Å². The summed E-state index contributed by atoms with van der Waals surface area (Å²) in [5.41, 5.74) is 0.723. The summed E-state index contributed by atoms with van der Waals surface area (Å²) < 4.78 is 10.9. The molecule has 2 heterocycles. The van der Waals surface area contributed by atoms with Crippen LogP contribution in [-0.2, 0) is 10.3 Å². The summed E-state index contributed by atoms with van der Waals surface area (Å²) >= 11 is 0. The summed E-state index contributed by atoms with van der Waals surface area (Å²) in [6, 6.07) is 8.49. The van der Waals surface area contributed by atoms with Gasteiger partial charge in [-0.25, -0.2) is 4.79 Å². The van der Waals surface area contributed by atoms with Crippen molar-refractivity contribution in [2.75, 3.05) is 13.2 Å². The predicted octanol–water partition coefficient (Wildman–Crippen LogP) is 2.10. The van der Waals surface area contributed by atoms with Crippen molar-refractivity contribution in [2.24, 2.45) is 0 Å². The summed E-state index contributed by atoms with van der Waals surface area (Å²) in [4.78, 5) is 25.9. The Balaban J connectivity index is 1.64. The second-order valence-corrected chi connectivity index (χ2v) is 6.68. The Morgan fingerprint density at radius 3 is 2.77 bits per heavy atom. The van der Waals surface area contributed by atoms with E-state index in [1.165, 1.54) is 6.26 Å². The highest BCUT2D eigenvalue weighted by atomic mass is 16.5. The number of furan rings is 1.